The van der Waals surface area contributed by atoms with Crippen molar-refractivity contribution in [2.24, 2.45) is 22.7 Å². The molecule has 0 bridgehead atoms. The number of halogens is 5. The molecule has 3 fully saturated rings. The Morgan fingerprint density at radius 1 is 0.957 bits per heavy atom. The van der Waals surface area contributed by atoms with E-state index in [0.717, 1.165) is 40.9 Å². The van der Waals surface area contributed by atoms with Crippen LogP contribution in [0.25, 0.3) is 0 Å². The second-order valence-corrected chi connectivity index (χ2v) is 15.5. The van der Waals surface area contributed by atoms with Gasteiger partial charge in [-0.05, 0) is 78.7 Å². The van der Waals surface area contributed by atoms with E-state index in [2.05, 4.69) is 4.90 Å². The summed E-state index contributed by atoms with van der Waals surface area (Å²) >= 11 is 0. The molecule has 1 amide bonds. The van der Waals surface area contributed by atoms with Crippen molar-refractivity contribution >= 4 is 11.7 Å². The fourth-order valence-electron chi connectivity index (χ4n) is 9.41. The van der Waals surface area contributed by atoms with E-state index in [4.69, 9.17) is 0 Å². The summed E-state index contributed by atoms with van der Waals surface area (Å²) in [5.74, 6) is -6.27. The third kappa shape index (κ3) is 5.26. The molecule has 1 N–H and O–H groups in total. The summed E-state index contributed by atoms with van der Waals surface area (Å²) in [5, 5.41) is 11.5. The van der Waals surface area contributed by atoms with Crippen LogP contribution in [0.5, 0.6) is 0 Å². The van der Waals surface area contributed by atoms with Gasteiger partial charge in [0, 0.05) is 55.9 Å². The zero-order chi connectivity index (χ0) is 33.4. The molecule has 1 aliphatic heterocycles. The zero-order valence-electron chi connectivity index (χ0n) is 27.2. The predicted molar refractivity (Wildman–Crippen MR) is 164 cm³/mol. The number of carbonyl (C=O) groups excluding carboxylic acids is 2. The highest BCUT2D eigenvalue weighted by atomic mass is 19.4. The minimum Gasteiger partial charge on any atom is -0.383 e. The molecular weight excluding hydrogens is 603 g/mol. The van der Waals surface area contributed by atoms with Gasteiger partial charge in [-0.3, -0.25) is 14.5 Å². The molecule has 46 heavy (non-hydrogen) atoms. The SMILES string of the molecule is CC(C)(C)C(=O)N1CCN(Cc2ccc([C@H]3C[C@@]4(C)C(CC[C@@]4(O)C(F)(F)C(F)(F)F)C4CCC5=CC(=O)CCC5=C43)cc2)CC1. The van der Waals surface area contributed by atoms with Crippen molar-refractivity contribution < 1.29 is 36.6 Å². The Labute approximate surface area is 267 Å². The van der Waals surface area contributed by atoms with Crippen LogP contribution in [0.4, 0.5) is 22.0 Å². The van der Waals surface area contributed by atoms with Crippen LogP contribution >= 0.6 is 0 Å². The fourth-order valence-corrected chi connectivity index (χ4v) is 9.41. The van der Waals surface area contributed by atoms with Gasteiger partial charge in [0.15, 0.2) is 5.78 Å². The molecule has 252 valence electrons. The first-order valence-electron chi connectivity index (χ1n) is 16.6. The standard InChI is InChI=1S/C36H45F5N2O3/c1-32(2,3)31(45)43-17-15-42(16-18-43)21-22-5-7-23(8-6-22)28-20-33(4)29(13-14-34(33,46)35(37,38)36(39,40)41)27-11-9-24-19-25(44)10-12-26(24)30(27)28/h5-8,19,27-29,46H,9-18,20-21H2,1-4H3/t27?,28-,29?,33+,34+/m1/s1. The van der Waals surface area contributed by atoms with Gasteiger partial charge in [0.25, 0.3) is 0 Å². The van der Waals surface area contributed by atoms with Gasteiger partial charge >= 0.3 is 12.1 Å². The van der Waals surface area contributed by atoms with Gasteiger partial charge < -0.3 is 10.0 Å². The van der Waals surface area contributed by atoms with Gasteiger partial charge in [-0.25, -0.2) is 0 Å². The van der Waals surface area contributed by atoms with Crippen LogP contribution in [0.3, 0.4) is 0 Å². The van der Waals surface area contributed by atoms with Crippen molar-refractivity contribution in [3.63, 3.8) is 0 Å². The lowest BCUT2D eigenvalue weighted by atomic mass is 9.50. The van der Waals surface area contributed by atoms with Crippen LogP contribution < -0.4 is 0 Å². The third-order valence-corrected chi connectivity index (χ3v) is 11.9. The van der Waals surface area contributed by atoms with Crippen molar-refractivity contribution in [2.45, 2.75) is 103 Å². The maximum Gasteiger partial charge on any atom is 0.456 e. The normalized spacial score (nSPS) is 32.6. The van der Waals surface area contributed by atoms with Gasteiger partial charge in [0.1, 0.15) is 5.60 Å². The number of carbonyl (C=O) groups is 2. The van der Waals surface area contributed by atoms with E-state index in [1.54, 1.807) is 6.08 Å². The molecule has 1 saturated heterocycles. The van der Waals surface area contributed by atoms with E-state index >= 15 is 8.78 Å². The Bertz CT molecular complexity index is 1450. The van der Waals surface area contributed by atoms with E-state index in [0.29, 0.717) is 45.3 Å². The number of benzene rings is 1. The predicted octanol–water partition coefficient (Wildman–Crippen LogP) is 7.21. The van der Waals surface area contributed by atoms with E-state index in [-0.39, 0.29) is 30.4 Å². The van der Waals surface area contributed by atoms with Gasteiger partial charge in [-0.2, -0.15) is 22.0 Å². The first-order chi connectivity index (χ1) is 21.4. The summed E-state index contributed by atoms with van der Waals surface area (Å²) < 4.78 is 72.0. The largest absolute Gasteiger partial charge is 0.456 e. The van der Waals surface area contributed by atoms with Gasteiger partial charge in [0.05, 0.1) is 0 Å². The van der Waals surface area contributed by atoms with Crippen molar-refractivity contribution in [3.8, 4) is 0 Å². The van der Waals surface area contributed by atoms with Gasteiger partial charge in [0.2, 0.25) is 5.91 Å². The van der Waals surface area contributed by atoms with E-state index < -0.39 is 46.8 Å². The Hall–Kier alpha value is -2.59. The van der Waals surface area contributed by atoms with Crippen molar-refractivity contribution in [2.75, 3.05) is 26.2 Å². The summed E-state index contributed by atoms with van der Waals surface area (Å²) in [6, 6.07) is 7.89. The maximum absolute atomic E-state index is 15.2. The van der Waals surface area contributed by atoms with Crippen molar-refractivity contribution in [1.82, 2.24) is 9.80 Å². The molecule has 6 rings (SSSR count). The molecule has 0 aromatic heterocycles. The van der Waals surface area contributed by atoms with E-state index in [1.165, 1.54) is 6.92 Å². The molecule has 2 saturated carbocycles. The molecule has 1 aromatic rings. The van der Waals surface area contributed by atoms with Crippen LogP contribution in [-0.4, -0.2) is 70.5 Å². The quantitative estimate of drug-likeness (QED) is 0.351. The number of fused-ring (bicyclic) bond motifs is 4. The Morgan fingerprint density at radius 2 is 1.61 bits per heavy atom. The number of alkyl halides is 5. The number of piperazine rings is 1. The number of rotatable bonds is 4. The van der Waals surface area contributed by atoms with Crippen LogP contribution in [0.2, 0.25) is 0 Å². The van der Waals surface area contributed by atoms with Gasteiger partial charge in [-0.15, -0.1) is 0 Å². The monoisotopic (exact) mass is 648 g/mol. The number of nitrogens with zero attached hydrogens (tertiary/aromatic N) is 2. The average Bonchev–Trinajstić information content (AvgIpc) is 3.27. The highest BCUT2D eigenvalue weighted by molar-refractivity contribution is 5.93. The second kappa shape index (κ2) is 11.2. The first-order valence-corrected chi connectivity index (χ1v) is 16.6. The molecule has 10 heteroatoms. The Morgan fingerprint density at radius 3 is 2.22 bits per heavy atom. The average molecular weight is 649 g/mol. The third-order valence-electron chi connectivity index (χ3n) is 11.9. The highest BCUT2D eigenvalue weighted by Crippen LogP contribution is 2.70. The number of allylic oxidation sites excluding steroid dienone is 4. The lowest BCUT2D eigenvalue weighted by Gasteiger charge is -2.56. The summed E-state index contributed by atoms with van der Waals surface area (Å²) in [6.07, 6.45) is -2.69. The molecule has 1 heterocycles. The van der Waals surface area contributed by atoms with Crippen LogP contribution in [0, 0.1) is 22.7 Å². The molecule has 1 aromatic carbocycles. The number of hydrogen-bond donors (Lipinski definition) is 1. The first kappa shape index (κ1) is 33.3. The zero-order valence-corrected chi connectivity index (χ0v) is 27.2. The lowest BCUT2D eigenvalue weighted by Crippen LogP contribution is -2.65. The number of amides is 1. The van der Waals surface area contributed by atoms with E-state index in [9.17, 15) is 27.9 Å². The molecular formula is C36H45F5N2O3. The molecule has 0 spiro atoms. The van der Waals surface area contributed by atoms with Crippen molar-refractivity contribution in [3.05, 3.63) is 58.2 Å². The summed E-state index contributed by atoms with van der Waals surface area (Å²) in [6.45, 7) is 10.7. The maximum atomic E-state index is 15.2. The fraction of sp³-hybridized carbons (Fsp3) is 0.667. The summed E-state index contributed by atoms with van der Waals surface area (Å²) in [7, 11) is 0. The minimum atomic E-state index is -5.87. The van der Waals surface area contributed by atoms with Crippen molar-refractivity contribution in [1.29, 1.82) is 0 Å². The molecule has 5 atom stereocenters. The Balaban J connectivity index is 1.30. The van der Waals surface area contributed by atoms with Crippen LogP contribution in [-0.2, 0) is 16.1 Å². The molecule has 5 aliphatic rings. The number of aliphatic hydroxyl groups is 1. The van der Waals surface area contributed by atoms with E-state index in [1.807, 2.05) is 49.9 Å². The number of hydrogen-bond acceptors (Lipinski definition) is 4. The summed E-state index contributed by atoms with van der Waals surface area (Å²) in [5.41, 5.74) is -0.339. The Kier molecular flexibility index (Phi) is 8.15. The summed E-state index contributed by atoms with van der Waals surface area (Å²) in [4.78, 5) is 29.2. The second-order valence-electron chi connectivity index (χ2n) is 15.5. The number of ketones is 1. The van der Waals surface area contributed by atoms with Crippen LogP contribution in [0.1, 0.15) is 89.7 Å². The minimum absolute atomic E-state index is 0.0283. The topological polar surface area (TPSA) is 60.9 Å². The molecule has 5 nitrogen and oxygen atoms in total. The molecule has 2 unspecified atom stereocenters. The lowest BCUT2D eigenvalue weighted by molar-refractivity contribution is -0.362. The van der Waals surface area contributed by atoms with Gasteiger partial charge in [-0.1, -0.05) is 57.5 Å². The molecule has 4 aliphatic carbocycles. The smallest absolute Gasteiger partial charge is 0.383 e. The molecule has 0 radical (unpaired) electrons. The highest BCUT2D eigenvalue weighted by Gasteiger charge is 2.79. The van der Waals surface area contributed by atoms with Crippen LogP contribution in [0.15, 0.2) is 47.1 Å².